The normalized spacial score (nSPS) is 11.5. The molecule has 0 aromatic rings. The van der Waals surface area contributed by atoms with Crippen molar-refractivity contribution in [3.05, 3.63) is 12.7 Å². The summed E-state index contributed by atoms with van der Waals surface area (Å²) in [5.41, 5.74) is 0. The number of allylic oxidation sites excluding steroid dienone is 1. The summed E-state index contributed by atoms with van der Waals surface area (Å²) in [6.07, 6.45) is 3.67. The van der Waals surface area contributed by atoms with Crippen LogP contribution >= 0.6 is 0 Å². The Morgan fingerprint density at radius 1 is 1.75 bits per heavy atom. The minimum atomic E-state index is 0.867. The molecule has 2 heteroatoms. The maximum atomic E-state index is 3.56. The smallest absolute Gasteiger partial charge is 0.196 e. The summed E-state index contributed by atoms with van der Waals surface area (Å²) < 4.78 is 2.01. The molecular formula is C6H13N2+. The van der Waals surface area contributed by atoms with Crippen LogP contribution in [0, 0.1) is 0 Å². The van der Waals surface area contributed by atoms with E-state index in [9.17, 15) is 0 Å². The second kappa shape index (κ2) is 4.53. The molecule has 0 saturated carbocycles. The first-order valence-corrected chi connectivity index (χ1v) is 2.62. The van der Waals surface area contributed by atoms with Gasteiger partial charge in [0.1, 0.15) is 7.05 Å². The molecule has 0 saturated heterocycles. The van der Waals surface area contributed by atoms with E-state index in [4.69, 9.17) is 0 Å². The summed E-state index contributed by atoms with van der Waals surface area (Å²) in [5.74, 6) is 0. The fraction of sp³-hybridized carbons (Fsp3) is 0.500. The van der Waals surface area contributed by atoms with Crippen LogP contribution in [0.3, 0.4) is 0 Å². The second-order valence-electron chi connectivity index (χ2n) is 1.65. The topological polar surface area (TPSA) is 15.0 Å². The van der Waals surface area contributed by atoms with E-state index in [0.29, 0.717) is 0 Å². The first-order valence-electron chi connectivity index (χ1n) is 2.62. The molecule has 0 amide bonds. The van der Waals surface area contributed by atoms with Crippen molar-refractivity contribution < 1.29 is 4.58 Å². The summed E-state index contributed by atoms with van der Waals surface area (Å²) in [6.45, 7) is 4.42. The zero-order valence-electron chi connectivity index (χ0n) is 5.52. The van der Waals surface area contributed by atoms with Crippen LogP contribution in [-0.2, 0) is 0 Å². The zero-order valence-corrected chi connectivity index (χ0v) is 5.52. The van der Waals surface area contributed by atoms with Crippen molar-refractivity contribution in [2.45, 2.75) is 0 Å². The van der Waals surface area contributed by atoms with Crippen LogP contribution < -0.4 is 5.32 Å². The van der Waals surface area contributed by atoms with Gasteiger partial charge in [-0.25, -0.2) is 4.58 Å². The molecule has 0 aliphatic carbocycles. The molecular weight excluding hydrogens is 100 g/mol. The summed E-state index contributed by atoms with van der Waals surface area (Å²) >= 11 is 0. The second-order valence-corrected chi connectivity index (χ2v) is 1.65. The predicted octanol–water partition coefficient (Wildman–Crippen LogP) is 0.0624. The van der Waals surface area contributed by atoms with Crippen molar-refractivity contribution in [2.24, 2.45) is 0 Å². The summed E-state index contributed by atoms with van der Waals surface area (Å²) in [7, 11) is 3.89. The van der Waals surface area contributed by atoms with Gasteiger partial charge in [0.05, 0.1) is 0 Å². The summed E-state index contributed by atoms with van der Waals surface area (Å²) in [6, 6.07) is 0. The van der Waals surface area contributed by atoms with Crippen LogP contribution in [0.15, 0.2) is 12.7 Å². The highest BCUT2D eigenvalue weighted by molar-refractivity contribution is 5.64. The monoisotopic (exact) mass is 113 g/mol. The molecule has 0 aliphatic rings. The fourth-order valence-electron chi connectivity index (χ4n) is 0.482. The molecule has 0 heterocycles. The van der Waals surface area contributed by atoms with Gasteiger partial charge in [0, 0.05) is 0 Å². The Morgan fingerprint density at radius 3 is 2.75 bits per heavy atom. The van der Waals surface area contributed by atoms with E-state index in [1.807, 2.05) is 24.9 Å². The van der Waals surface area contributed by atoms with Crippen molar-refractivity contribution in [2.75, 3.05) is 20.8 Å². The lowest BCUT2D eigenvalue weighted by atomic mass is 10.7. The number of hydrogen-bond donors (Lipinski definition) is 1. The molecule has 46 valence electrons. The minimum Gasteiger partial charge on any atom is -0.265 e. The highest BCUT2D eigenvalue weighted by Crippen LogP contribution is 1.59. The van der Waals surface area contributed by atoms with E-state index in [-0.39, 0.29) is 0 Å². The molecule has 0 bridgehead atoms. The van der Waals surface area contributed by atoms with Crippen molar-refractivity contribution in [1.82, 2.24) is 5.32 Å². The molecule has 0 aliphatic heterocycles. The average molecular weight is 113 g/mol. The molecule has 1 N–H and O–H groups in total. The third-order valence-electron chi connectivity index (χ3n) is 0.767. The van der Waals surface area contributed by atoms with E-state index in [1.165, 1.54) is 0 Å². The van der Waals surface area contributed by atoms with Gasteiger partial charge in [0.15, 0.2) is 12.9 Å². The van der Waals surface area contributed by atoms with E-state index >= 15 is 0 Å². The molecule has 0 rings (SSSR count). The molecule has 0 radical (unpaired) electrons. The van der Waals surface area contributed by atoms with Gasteiger partial charge in [0.25, 0.3) is 0 Å². The van der Waals surface area contributed by atoms with Gasteiger partial charge in [0.2, 0.25) is 0 Å². The lowest BCUT2D eigenvalue weighted by Crippen LogP contribution is -2.20. The number of rotatable bonds is 3. The van der Waals surface area contributed by atoms with Gasteiger partial charge >= 0.3 is 0 Å². The first-order chi connectivity index (χ1) is 3.81. The maximum Gasteiger partial charge on any atom is 0.196 e. The van der Waals surface area contributed by atoms with Crippen LogP contribution in [0.2, 0.25) is 0 Å². The minimum absolute atomic E-state index is 0.867. The molecule has 0 spiro atoms. The lowest BCUT2D eigenvalue weighted by molar-refractivity contribution is -0.496. The number of nitrogens with zero attached hydrogens (tertiary/aromatic N) is 1. The standard InChI is InChI=1S/C6H13N2/c1-4-5-8(3)6-7-2/h4-5,7H,1,6H2,2-3H3/q+1/b8-5-. The van der Waals surface area contributed by atoms with E-state index in [1.54, 1.807) is 6.08 Å². The largest absolute Gasteiger partial charge is 0.265 e. The van der Waals surface area contributed by atoms with E-state index < -0.39 is 0 Å². The van der Waals surface area contributed by atoms with Crippen molar-refractivity contribution in [3.8, 4) is 0 Å². The Bertz CT molecular complexity index is 94.7. The lowest BCUT2D eigenvalue weighted by Gasteiger charge is -1.90. The fourth-order valence-corrected chi connectivity index (χ4v) is 0.482. The van der Waals surface area contributed by atoms with Crippen molar-refractivity contribution in [3.63, 3.8) is 0 Å². The molecule has 0 aromatic heterocycles. The Kier molecular flexibility index (Phi) is 4.17. The van der Waals surface area contributed by atoms with Crippen LogP contribution in [0.25, 0.3) is 0 Å². The Balaban J connectivity index is 3.44. The third-order valence-corrected chi connectivity index (χ3v) is 0.767. The number of hydrogen-bond acceptors (Lipinski definition) is 1. The maximum absolute atomic E-state index is 3.56. The molecule has 0 atom stereocenters. The molecule has 0 unspecified atom stereocenters. The first kappa shape index (κ1) is 7.37. The van der Waals surface area contributed by atoms with Gasteiger partial charge in [-0.1, -0.05) is 6.58 Å². The summed E-state index contributed by atoms with van der Waals surface area (Å²) in [5, 5.41) is 3.00. The highest BCUT2D eigenvalue weighted by Gasteiger charge is 1.84. The van der Waals surface area contributed by atoms with Crippen molar-refractivity contribution >= 4 is 6.21 Å². The van der Waals surface area contributed by atoms with E-state index in [0.717, 1.165) is 6.67 Å². The van der Waals surface area contributed by atoms with Crippen LogP contribution in [0.5, 0.6) is 0 Å². The van der Waals surface area contributed by atoms with E-state index in [2.05, 4.69) is 11.9 Å². The Hall–Kier alpha value is -0.630. The number of nitrogens with one attached hydrogen (secondary N) is 1. The highest BCUT2D eigenvalue weighted by atomic mass is 15.1. The molecule has 0 aromatic carbocycles. The van der Waals surface area contributed by atoms with Gasteiger partial charge in [-0.15, -0.1) is 0 Å². The molecule has 2 nitrogen and oxygen atoms in total. The zero-order chi connectivity index (χ0) is 6.41. The Morgan fingerprint density at radius 2 is 2.38 bits per heavy atom. The Labute approximate surface area is 50.5 Å². The van der Waals surface area contributed by atoms with Crippen LogP contribution in [0.4, 0.5) is 0 Å². The van der Waals surface area contributed by atoms with Gasteiger partial charge in [-0.2, -0.15) is 0 Å². The molecule has 8 heavy (non-hydrogen) atoms. The SMILES string of the molecule is C=C/C=[N+](/C)CNC. The summed E-state index contributed by atoms with van der Waals surface area (Å²) in [4.78, 5) is 0. The van der Waals surface area contributed by atoms with Crippen LogP contribution in [-0.4, -0.2) is 31.6 Å². The van der Waals surface area contributed by atoms with Gasteiger partial charge in [-0.05, 0) is 13.1 Å². The third kappa shape index (κ3) is 3.56. The quantitative estimate of drug-likeness (QED) is 0.311. The predicted molar refractivity (Wildman–Crippen MR) is 36.4 cm³/mol. The van der Waals surface area contributed by atoms with Crippen LogP contribution in [0.1, 0.15) is 0 Å². The van der Waals surface area contributed by atoms with Gasteiger partial charge < -0.3 is 0 Å². The van der Waals surface area contributed by atoms with Gasteiger partial charge in [-0.3, -0.25) is 5.32 Å². The van der Waals surface area contributed by atoms with Crippen molar-refractivity contribution in [1.29, 1.82) is 0 Å². The molecule has 0 fully saturated rings. The average Bonchev–Trinajstić information content (AvgIpc) is 1.68.